The highest BCUT2D eigenvalue weighted by atomic mass is 32.2. The number of thioether (sulfide) groups is 1. The summed E-state index contributed by atoms with van der Waals surface area (Å²) in [6, 6.07) is 7.30. The van der Waals surface area contributed by atoms with Gasteiger partial charge in [0.1, 0.15) is 6.33 Å². The zero-order chi connectivity index (χ0) is 15.4. The smallest absolute Gasteiger partial charge is 0.251 e. The van der Waals surface area contributed by atoms with Gasteiger partial charge in [0, 0.05) is 12.1 Å². The van der Waals surface area contributed by atoms with Crippen LogP contribution in [0.15, 0.2) is 30.6 Å². The molecule has 0 aliphatic heterocycles. The van der Waals surface area contributed by atoms with E-state index in [1.54, 1.807) is 12.1 Å². The molecule has 1 N–H and O–H groups in total. The quantitative estimate of drug-likeness (QED) is 0.844. The Bertz CT molecular complexity index is 639. The van der Waals surface area contributed by atoms with Gasteiger partial charge >= 0.3 is 0 Å². The van der Waals surface area contributed by atoms with E-state index in [1.807, 2.05) is 23.9 Å². The summed E-state index contributed by atoms with van der Waals surface area (Å²) in [5.41, 5.74) is 1.88. The molecule has 2 aromatic rings. The number of tetrazole rings is 1. The number of nitrogens with zero attached hydrogens (tertiary/aromatic N) is 4. The molecule has 3 rings (SSSR count). The first-order chi connectivity index (χ1) is 10.7. The largest absolute Gasteiger partial charge is 0.352 e. The number of carbonyl (C=O) groups is 1. The minimum atomic E-state index is -0.0464. The lowest BCUT2D eigenvalue weighted by atomic mass is 10.1. The Hall–Kier alpha value is -1.89. The van der Waals surface area contributed by atoms with E-state index in [1.165, 1.54) is 29.6 Å². The van der Waals surface area contributed by atoms with Crippen LogP contribution >= 0.6 is 11.8 Å². The van der Waals surface area contributed by atoms with Gasteiger partial charge in [-0.25, -0.2) is 4.68 Å². The molecule has 0 spiro atoms. The fourth-order valence-electron chi connectivity index (χ4n) is 2.56. The normalized spacial score (nSPS) is 15.5. The second-order valence-electron chi connectivity index (χ2n) is 5.74. The monoisotopic (exact) mass is 317 g/mol. The zero-order valence-electron chi connectivity index (χ0n) is 12.5. The van der Waals surface area contributed by atoms with Crippen molar-refractivity contribution in [2.75, 3.05) is 18.6 Å². The summed E-state index contributed by atoms with van der Waals surface area (Å²) in [6.45, 7) is 0.731. The summed E-state index contributed by atoms with van der Waals surface area (Å²) in [6.07, 6.45) is 7.29. The van der Waals surface area contributed by atoms with E-state index in [4.69, 9.17) is 0 Å². The molecule has 1 aliphatic rings. The van der Waals surface area contributed by atoms with Crippen LogP contribution in [0, 0.1) is 5.41 Å². The van der Waals surface area contributed by atoms with Gasteiger partial charge in [0.25, 0.3) is 5.91 Å². The lowest BCUT2D eigenvalue weighted by Gasteiger charge is -2.14. The van der Waals surface area contributed by atoms with Crippen LogP contribution < -0.4 is 5.32 Å². The summed E-state index contributed by atoms with van der Waals surface area (Å²) < 4.78 is 1.54. The van der Waals surface area contributed by atoms with E-state index >= 15 is 0 Å². The van der Waals surface area contributed by atoms with Crippen LogP contribution in [0.25, 0.3) is 5.69 Å². The summed E-state index contributed by atoms with van der Waals surface area (Å²) in [7, 11) is 0. The minimum Gasteiger partial charge on any atom is -0.352 e. The molecule has 0 bridgehead atoms. The van der Waals surface area contributed by atoms with Crippen LogP contribution in [0.2, 0.25) is 0 Å². The van der Waals surface area contributed by atoms with Gasteiger partial charge in [0.05, 0.1) is 5.69 Å². The van der Waals surface area contributed by atoms with Crippen molar-refractivity contribution >= 4 is 17.7 Å². The second kappa shape index (κ2) is 6.48. The first-order valence-electron chi connectivity index (χ1n) is 7.33. The van der Waals surface area contributed by atoms with Crippen molar-refractivity contribution in [1.29, 1.82) is 0 Å². The zero-order valence-corrected chi connectivity index (χ0v) is 13.3. The van der Waals surface area contributed by atoms with Crippen molar-refractivity contribution in [2.24, 2.45) is 5.41 Å². The van der Waals surface area contributed by atoms with E-state index in [-0.39, 0.29) is 5.91 Å². The predicted molar refractivity (Wildman–Crippen MR) is 86.2 cm³/mol. The fourth-order valence-corrected chi connectivity index (χ4v) is 3.61. The molecule has 0 saturated heterocycles. The molecule has 116 valence electrons. The van der Waals surface area contributed by atoms with Gasteiger partial charge < -0.3 is 5.32 Å². The highest BCUT2D eigenvalue weighted by Gasteiger charge is 2.41. The molecule has 0 unspecified atom stereocenters. The number of rotatable bonds is 7. The van der Waals surface area contributed by atoms with E-state index in [9.17, 15) is 4.79 Å². The van der Waals surface area contributed by atoms with Crippen LogP contribution in [-0.4, -0.2) is 44.7 Å². The van der Waals surface area contributed by atoms with Gasteiger partial charge in [-0.3, -0.25) is 4.79 Å². The van der Waals surface area contributed by atoms with Gasteiger partial charge in [-0.2, -0.15) is 11.8 Å². The molecule has 1 saturated carbocycles. The van der Waals surface area contributed by atoms with Crippen molar-refractivity contribution in [1.82, 2.24) is 25.5 Å². The van der Waals surface area contributed by atoms with Gasteiger partial charge in [0.2, 0.25) is 0 Å². The lowest BCUT2D eigenvalue weighted by molar-refractivity contribution is 0.0951. The number of carbonyl (C=O) groups excluding carboxylic acids is 1. The van der Waals surface area contributed by atoms with E-state index in [0.717, 1.165) is 18.7 Å². The molecular formula is C15H19N5OS. The summed E-state index contributed by atoms with van der Waals surface area (Å²) >= 11 is 1.89. The average molecular weight is 317 g/mol. The summed E-state index contributed by atoms with van der Waals surface area (Å²) in [4.78, 5) is 12.3. The van der Waals surface area contributed by atoms with Crippen LogP contribution in [0.5, 0.6) is 0 Å². The molecule has 1 aliphatic carbocycles. The Labute approximate surface area is 133 Å². The molecule has 1 amide bonds. The number of amides is 1. The third kappa shape index (κ3) is 3.47. The topological polar surface area (TPSA) is 72.7 Å². The molecule has 1 aromatic carbocycles. The van der Waals surface area contributed by atoms with E-state index in [0.29, 0.717) is 11.0 Å². The summed E-state index contributed by atoms with van der Waals surface area (Å²) in [5, 5.41) is 14.1. The van der Waals surface area contributed by atoms with Crippen LogP contribution in [0.3, 0.4) is 0 Å². The van der Waals surface area contributed by atoms with E-state index in [2.05, 4.69) is 27.1 Å². The third-order valence-corrected chi connectivity index (χ3v) is 4.97. The van der Waals surface area contributed by atoms with Crippen LogP contribution in [0.1, 0.15) is 29.6 Å². The SMILES string of the molecule is CSCC1(CCNC(=O)c2cccc(-n3cnnn3)c2)CC1. The predicted octanol–water partition coefficient (Wildman–Crippen LogP) is 1.93. The van der Waals surface area contributed by atoms with Crippen molar-refractivity contribution in [3.8, 4) is 5.69 Å². The molecule has 22 heavy (non-hydrogen) atoms. The Morgan fingerprint density at radius 1 is 1.45 bits per heavy atom. The standard InChI is InChI=1S/C15H19N5OS/c1-22-10-15(5-6-15)7-8-16-14(21)12-3-2-4-13(9-12)20-11-17-18-19-20/h2-4,9,11H,5-8,10H2,1H3,(H,16,21). The number of hydrogen-bond acceptors (Lipinski definition) is 5. The molecule has 0 atom stereocenters. The number of hydrogen-bond donors (Lipinski definition) is 1. The van der Waals surface area contributed by atoms with Gasteiger partial charge in [-0.1, -0.05) is 6.07 Å². The first-order valence-corrected chi connectivity index (χ1v) is 8.72. The highest BCUT2D eigenvalue weighted by Crippen LogP contribution is 2.50. The van der Waals surface area contributed by atoms with Crippen molar-refractivity contribution in [3.05, 3.63) is 36.2 Å². The summed E-state index contributed by atoms with van der Waals surface area (Å²) in [5.74, 6) is 1.15. The second-order valence-corrected chi connectivity index (χ2v) is 6.61. The Balaban J connectivity index is 1.57. The maximum absolute atomic E-state index is 12.3. The van der Waals surface area contributed by atoms with Crippen molar-refractivity contribution < 1.29 is 4.79 Å². The third-order valence-electron chi connectivity index (χ3n) is 4.07. The van der Waals surface area contributed by atoms with Crippen LogP contribution in [0.4, 0.5) is 0 Å². The van der Waals surface area contributed by atoms with Gasteiger partial charge in [0.15, 0.2) is 0 Å². The minimum absolute atomic E-state index is 0.0464. The Morgan fingerprint density at radius 3 is 3.00 bits per heavy atom. The molecule has 1 heterocycles. The lowest BCUT2D eigenvalue weighted by Crippen LogP contribution is -2.26. The molecule has 7 heteroatoms. The van der Waals surface area contributed by atoms with E-state index < -0.39 is 0 Å². The van der Waals surface area contributed by atoms with Crippen molar-refractivity contribution in [3.63, 3.8) is 0 Å². The molecule has 1 fully saturated rings. The van der Waals surface area contributed by atoms with Crippen molar-refractivity contribution in [2.45, 2.75) is 19.3 Å². The molecule has 6 nitrogen and oxygen atoms in total. The maximum atomic E-state index is 12.3. The number of benzene rings is 1. The van der Waals surface area contributed by atoms with Gasteiger partial charge in [-0.15, -0.1) is 5.10 Å². The fraction of sp³-hybridized carbons (Fsp3) is 0.467. The van der Waals surface area contributed by atoms with Crippen LogP contribution in [-0.2, 0) is 0 Å². The molecular weight excluding hydrogens is 298 g/mol. The number of aromatic nitrogens is 4. The maximum Gasteiger partial charge on any atom is 0.251 e. The highest BCUT2D eigenvalue weighted by molar-refractivity contribution is 7.98. The Morgan fingerprint density at radius 2 is 2.32 bits per heavy atom. The first kappa shape index (κ1) is 15.0. The molecule has 1 aromatic heterocycles. The molecule has 0 radical (unpaired) electrons. The average Bonchev–Trinajstić information content (AvgIpc) is 3.08. The number of nitrogens with one attached hydrogen (secondary N) is 1. The Kier molecular flexibility index (Phi) is 4.42. The van der Waals surface area contributed by atoms with Gasteiger partial charge in [-0.05, 0) is 65.3 Å².